The Balaban J connectivity index is 1.52. The molecule has 0 aromatic carbocycles. The Bertz CT molecular complexity index is 802. The van der Waals surface area contributed by atoms with E-state index in [0.29, 0.717) is 23.7 Å². The number of carbonyl (C=O) groups excluding carboxylic acids is 1. The lowest BCUT2D eigenvalue weighted by atomic mass is 9.97. The van der Waals surface area contributed by atoms with E-state index in [9.17, 15) is 4.79 Å². The Morgan fingerprint density at radius 3 is 3.00 bits per heavy atom. The minimum absolute atomic E-state index is 0.0491. The Morgan fingerprint density at radius 2 is 2.25 bits per heavy atom. The van der Waals surface area contributed by atoms with E-state index < -0.39 is 0 Å². The van der Waals surface area contributed by atoms with Crippen LogP contribution in [0, 0.1) is 6.92 Å². The fraction of sp³-hybridized carbons (Fsp3) is 0.526. The first kappa shape index (κ1) is 15.4. The van der Waals surface area contributed by atoms with Crippen molar-refractivity contribution in [3.63, 3.8) is 0 Å². The molecule has 5 nitrogen and oxygen atoms in total. The fourth-order valence-electron chi connectivity index (χ4n) is 3.44. The van der Waals surface area contributed by atoms with Gasteiger partial charge in [-0.25, -0.2) is 4.98 Å². The molecule has 0 unspecified atom stereocenters. The number of pyridine rings is 1. The van der Waals surface area contributed by atoms with Gasteiger partial charge in [0.25, 0.3) is 11.6 Å². The molecule has 2 heterocycles. The van der Waals surface area contributed by atoms with Gasteiger partial charge in [-0.1, -0.05) is 16.8 Å². The number of hydrogen-bond donors (Lipinski definition) is 1. The van der Waals surface area contributed by atoms with Gasteiger partial charge in [0.2, 0.25) is 0 Å². The predicted molar refractivity (Wildman–Crippen MR) is 92.0 cm³/mol. The molecule has 2 aromatic heterocycles. The van der Waals surface area contributed by atoms with Crippen molar-refractivity contribution >= 4 is 17.0 Å². The average Bonchev–Trinajstić information content (AvgIpc) is 3.39. The molecule has 0 bridgehead atoms. The second-order valence-electron chi connectivity index (χ2n) is 6.93. The number of hydrogen-bond acceptors (Lipinski definition) is 4. The van der Waals surface area contributed by atoms with E-state index in [1.807, 2.05) is 13.0 Å². The van der Waals surface area contributed by atoms with Crippen molar-refractivity contribution in [2.45, 2.75) is 57.8 Å². The van der Waals surface area contributed by atoms with Crippen molar-refractivity contribution in [1.29, 1.82) is 0 Å². The quantitative estimate of drug-likeness (QED) is 0.843. The van der Waals surface area contributed by atoms with E-state index in [0.717, 1.165) is 36.0 Å². The van der Waals surface area contributed by atoms with Crippen LogP contribution >= 0.6 is 0 Å². The first-order valence-electron chi connectivity index (χ1n) is 8.95. The van der Waals surface area contributed by atoms with Crippen LogP contribution in [0.5, 0.6) is 0 Å². The summed E-state index contributed by atoms with van der Waals surface area (Å²) in [5, 5.41) is 7.80. The van der Waals surface area contributed by atoms with Crippen LogP contribution in [-0.4, -0.2) is 22.6 Å². The number of rotatable bonds is 5. The second kappa shape index (κ2) is 6.38. The van der Waals surface area contributed by atoms with E-state index in [2.05, 4.69) is 21.5 Å². The highest BCUT2D eigenvalue weighted by atomic mass is 16.5. The number of nitrogens with zero attached hydrogens (tertiary/aromatic N) is 2. The molecule has 2 aliphatic carbocycles. The first-order valence-corrected chi connectivity index (χ1v) is 8.95. The van der Waals surface area contributed by atoms with Gasteiger partial charge < -0.3 is 9.84 Å². The summed E-state index contributed by atoms with van der Waals surface area (Å²) in [5.74, 6) is 0.422. The first-order chi connectivity index (χ1) is 11.7. The average molecular weight is 325 g/mol. The predicted octanol–water partition coefficient (Wildman–Crippen LogP) is 4.03. The molecule has 2 aliphatic rings. The lowest BCUT2D eigenvalue weighted by Crippen LogP contribution is -2.25. The molecule has 0 radical (unpaired) electrons. The smallest absolute Gasteiger partial charge is 0.259 e. The number of carbonyl (C=O) groups is 1. The number of nitrogens with one attached hydrogen (secondary N) is 1. The van der Waals surface area contributed by atoms with Gasteiger partial charge in [-0.15, -0.1) is 0 Å². The standard InChI is InChI=1S/C19H23N3O2/c1-12-17-15(11-16(14-7-8-14)21-19(17)24-22-12)18(23)20-10-9-13-5-3-2-4-6-13/h5,11,14H,2-4,6-10H2,1H3,(H,20,23). The summed E-state index contributed by atoms with van der Waals surface area (Å²) >= 11 is 0. The molecule has 1 amide bonds. The maximum absolute atomic E-state index is 12.7. The highest BCUT2D eigenvalue weighted by molar-refractivity contribution is 6.06. The number of aromatic nitrogens is 2. The summed E-state index contributed by atoms with van der Waals surface area (Å²) in [7, 11) is 0. The van der Waals surface area contributed by atoms with Crippen LogP contribution in [0.15, 0.2) is 22.2 Å². The van der Waals surface area contributed by atoms with Crippen LogP contribution in [0.3, 0.4) is 0 Å². The van der Waals surface area contributed by atoms with Gasteiger partial charge in [-0.3, -0.25) is 4.79 Å². The fourth-order valence-corrected chi connectivity index (χ4v) is 3.44. The summed E-state index contributed by atoms with van der Waals surface area (Å²) in [6.45, 7) is 2.53. The SMILES string of the molecule is Cc1noc2nc(C3CC3)cc(C(=O)NCCC3=CCCCC3)c12. The molecule has 4 rings (SSSR count). The Labute approximate surface area is 141 Å². The number of allylic oxidation sites excluding steroid dienone is 1. The minimum Gasteiger partial charge on any atom is -0.352 e. The van der Waals surface area contributed by atoms with E-state index in [4.69, 9.17) is 4.52 Å². The molecule has 0 saturated heterocycles. The maximum Gasteiger partial charge on any atom is 0.259 e. The van der Waals surface area contributed by atoms with Crippen LogP contribution in [0.25, 0.3) is 11.1 Å². The zero-order chi connectivity index (χ0) is 16.5. The largest absolute Gasteiger partial charge is 0.352 e. The third-order valence-electron chi connectivity index (χ3n) is 4.99. The monoisotopic (exact) mass is 325 g/mol. The zero-order valence-electron chi connectivity index (χ0n) is 14.1. The van der Waals surface area contributed by atoms with Gasteiger partial charge in [-0.2, -0.15) is 0 Å². The summed E-state index contributed by atoms with van der Waals surface area (Å²) in [4.78, 5) is 17.3. The second-order valence-corrected chi connectivity index (χ2v) is 6.93. The van der Waals surface area contributed by atoms with E-state index >= 15 is 0 Å². The van der Waals surface area contributed by atoms with Crippen LogP contribution < -0.4 is 5.32 Å². The third-order valence-corrected chi connectivity index (χ3v) is 4.99. The van der Waals surface area contributed by atoms with E-state index in [1.165, 1.54) is 31.3 Å². The summed E-state index contributed by atoms with van der Waals surface area (Å²) < 4.78 is 5.31. The van der Waals surface area contributed by atoms with Gasteiger partial charge in [0, 0.05) is 18.2 Å². The summed E-state index contributed by atoms with van der Waals surface area (Å²) in [5.41, 5.74) is 4.29. The Hall–Kier alpha value is -2.17. The lowest BCUT2D eigenvalue weighted by molar-refractivity contribution is 0.0955. The molecule has 1 fully saturated rings. The van der Waals surface area contributed by atoms with Crippen molar-refractivity contribution in [3.05, 3.63) is 34.7 Å². The molecular weight excluding hydrogens is 302 g/mol. The van der Waals surface area contributed by atoms with Gasteiger partial charge in [0.1, 0.15) is 0 Å². The van der Waals surface area contributed by atoms with Crippen LogP contribution in [0.1, 0.15) is 72.6 Å². The van der Waals surface area contributed by atoms with Crippen molar-refractivity contribution in [2.75, 3.05) is 6.54 Å². The Kier molecular flexibility index (Phi) is 4.08. The number of fused-ring (bicyclic) bond motifs is 1. The van der Waals surface area contributed by atoms with Crippen molar-refractivity contribution in [2.24, 2.45) is 0 Å². The molecule has 24 heavy (non-hydrogen) atoms. The minimum atomic E-state index is -0.0491. The Morgan fingerprint density at radius 1 is 1.38 bits per heavy atom. The molecule has 5 heteroatoms. The molecule has 0 atom stereocenters. The molecule has 0 spiro atoms. The third kappa shape index (κ3) is 3.07. The van der Waals surface area contributed by atoms with E-state index in [-0.39, 0.29) is 5.91 Å². The maximum atomic E-state index is 12.7. The molecular formula is C19H23N3O2. The lowest BCUT2D eigenvalue weighted by Gasteiger charge is -2.13. The van der Waals surface area contributed by atoms with Crippen molar-refractivity contribution in [1.82, 2.24) is 15.5 Å². The van der Waals surface area contributed by atoms with Gasteiger partial charge in [-0.05, 0) is 57.9 Å². The number of aryl methyl sites for hydroxylation is 1. The molecule has 0 aliphatic heterocycles. The molecule has 1 saturated carbocycles. The highest BCUT2D eigenvalue weighted by Gasteiger charge is 2.28. The van der Waals surface area contributed by atoms with Crippen LogP contribution in [0.4, 0.5) is 0 Å². The summed E-state index contributed by atoms with van der Waals surface area (Å²) in [6.07, 6.45) is 10.5. The normalized spacial score (nSPS) is 17.8. The van der Waals surface area contributed by atoms with Gasteiger partial charge >= 0.3 is 0 Å². The van der Waals surface area contributed by atoms with Gasteiger partial charge in [0.15, 0.2) is 0 Å². The highest BCUT2D eigenvalue weighted by Crippen LogP contribution is 2.40. The molecule has 1 N–H and O–H groups in total. The van der Waals surface area contributed by atoms with Crippen molar-refractivity contribution in [3.8, 4) is 0 Å². The topological polar surface area (TPSA) is 68.0 Å². The van der Waals surface area contributed by atoms with Gasteiger partial charge in [0.05, 0.1) is 16.6 Å². The molecule has 126 valence electrons. The van der Waals surface area contributed by atoms with Crippen molar-refractivity contribution < 1.29 is 9.32 Å². The van der Waals surface area contributed by atoms with Crippen LogP contribution in [-0.2, 0) is 0 Å². The van der Waals surface area contributed by atoms with Crippen LogP contribution in [0.2, 0.25) is 0 Å². The summed E-state index contributed by atoms with van der Waals surface area (Å²) in [6, 6.07) is 1.93. The van der Waals surface area contributed by atoms with E-state index in [1.54, 1.807) is 0 Å². The molecule has 2 aromatic rings. The number of amides is 1. The zero-order valence-corrected chi connectivity index (χ0v) is 14.1.